The number of aryl methyl sites for hydroxylation is 1. The molecular formula is C11H19N5O. The highest BCUT2D eigenvalue weighted by Crippen LogP contribution is 2.05. The predicted molar refractivity (Wildman–Crippen MR) is 63.7 cm³/mol. The number of nitrogens with zero attached hydrogens (tertiary/aromatic N) is 3. The number of carbonyl (C=O) groups excluding carboxylic acids is 1. The van der Waals surface area contributed by atoms with Crippen LogP contribution in [0.2, 0.25) is 0 Å². The lowest BCUT2D eigenvalue weighted by molar-refractivity contribution is 0.0697. The molecular weight excluding hydrogens is 218 g/mol. The third-order valence-corrected chi connectivity index (χ3v) is 2.87. The number of hydrogen-bond donors (Lipinski definition) is 2. The molecule has 2 rings (SSSR count). The topological polar surface area (TPSA) is 73.9 Å². The van der Waals surface area contributed by atoms with Gasteiger partial charge < -0.3 is 10.2 Å². The van der Waals surface area contributed by atoms with Gasteiger partial charge in [-0.15, -0.1) is 5.10 Å². The van der Waals surface area contributed by atoms with Crippen molar-refractivity contribution in [2.24, 2.45) is 0 Å². The maximum Gasteiger partial charge on any atom is 0.293 e. The molecule has 2 N–H and O–H groups in total. The van der Waals surface area contributed by atoms with Crippen LogP contribution in [0.3, 0.4) is 0 Å². The number of hydrogen-bond acceptors (Lipinski definition) is 4. The predicted octanol–water partition coefficient (Wildman–Crippen LogP) is 0.191. The Bertz CT molecular complexity index is 389. The van der Waals surface area contributed by atoms with Crippen LogP contribution >= 0.6 is 0 Å². The highest BCUT2D eigenvalue weighted by molar-refractivity contribution is 5.90. The van der Waals surface area contributed by atoms with Gasteiger partial charge in [0, 0.05) is 32.1 Å². The minimum atomic E-state index is -0.0723. The van der Waals surface area contributed by atoms with Crippen LogP contribution in [0.15, 0.2) is 0 Å². The van der Waals surface area contributed by atoms with Gasteiger partial charge in [0.2, 0.25) is 5.82 Å². The Morgan fingerprint density at radius 2 is 2.41 bits per heavy atom. The van der Waals surface area contributed by atoms with Crippen molar-refractivity contribution in [3.63, 3.8) is 0 Å². The lowest BCUT2D eigenvalue weighted by Crippen LogP contribution is -2.51. The smallest absolute Gasteiger partial charge is 0.293 e. The van der Waals surface area contributed by atoms with Crippen molar-refractivity contribution in [3.05, 3.63) is 11.6 Å². The quantitative estimate of drug-likeness (QED) is 0.787. The molecule has 0 saturated carbocycles. The van der Waals surface area contributed by atoms with E-state index in [-0.39, 0.29) is 5.91 Å². The average Bonchev–Trinajstić information content (AvgIpc) is 2.77. The molecule has 0 unspecified atom stereocenters. The van der Waals surface area contributed by atoms with Gasteiger partial charge in [-0.05, 0) is 13.3 Å². The Kier molecular flexibility index (Phi) is 3.73. The first kappa shape index (κ1) is 12.0. The molecule has 0 bridgehead atoms. The molecule has 0 spiro atoms. The maximum absolute atomic E-state index is 12.1. The van der Waals surface area contributed by atoms with Crippen molar-refractivity contribution in [2.45, 2.75) is 32.7 Å². The van der Waals surface area contributed by atoms with Gasteiger partial charge >= 0.3 is 0 Å². The summed E-state index contributed by atoms with van der Waals surface area (Å²) in [6, 6.07) is 0.335. The molecule has 94 valence electrons. The van der Waals surface area contributed by atoms with Gasteiger partial charge in [-0.25, -0.2) is 4.98 Å². The molecule has 6 nitrogen and oxygen atoms in total. The van der Waals surface area contributed by atoms with E-state index in [2.05, 4.69) is 34.3 Å². The van der Waals surface area contributed by atoms with E-state index in [4.69, 9.17) is 0 Å². The summed E-state index contributed by atoms with van der Waals surface area (Å²) in [5.41, 5.74) is 0. The van der Waals surface area contributed by atoms with Gasteiger partial charge in [-0.2, -0.15) is 0 Å². The molecule has 0 aliphatic carbocycles. The summed E-state index contributed by atoms with van der Waals surface area (Å²) in [5, 5.41) is 10.1. The molecule has 1 aromatic rings. The maximum atomic E-state index is 12.1. The number of piperazine rings is 1. The summed E-state index contributed by atoms with van der Waals surface area (Å²) in [7, 11) is 0. The van der Waals surface area contributed by atoms with Crippen LogP contribution in [0, 0.1) is 0 Å². The van der Waals surface area contributed by atoms with Gasteiger partial charge in [0.05, 0.1) is 0 Å². The van der Waals surface area contributed by atoms with Crippen LogP contribution in [-0.2, 0) is 6.42 Å². The zero-order valence-electron chi connectivity index (χ0n) is 10.4. The van der Waals surface area contributed by atoms with E-state index in [9.17, 15) is 4.79 Å². The van der Waals surface area contributed by atoms with Crippen LogP contribution in [0.4, 0.5) is 0 Å². The van der Waals surface area contributed by atoms with E-state index in [1.54, 1.807) is 4.90 Å². The third kappa shape index (κ3) is 2.82. The Morgan fingerprint density at radius 1 is 1.59 bits per heavy atom. The van der Waals surface area contributed by atoms with Gasteiger partial charge in [0.15, 0.2) is 0 Å². The molecule has 0 radical (unpaired) electrons. The lowest BCUT2D eigenvalue weighted by atomic mass is 10.2. The second-order valence-corrected chi connectivity index (χ2v) is 4.46. The average molecular weight is 237 g/mol. The lowest BCUT2D eigenvalue weighted by Gasteiger charge is -2.30. The number of H-pyrrole nitrogens is 1. The van der Waals surface area contributed by atoms with Crippen molar-refractivity contribution in [2.75, 3.05) is 19.6 Å². The normalized spacial score (nSPS) is 20.6. The van der Waals surface area contributed by atoms with E-state index in [1.165, 1.54) is 0 Å². The number of carbonyl (C=O) groups is 1. The fourth-order valence-corrected chi connectivity index (χ4v) is 2.00. The highest BCUT2D eigenvalue weighted by atomic mass is 16.2. The Labute approximate surface area is 101 Å². The molecule has 1 amide bonds. The van der Waals surface area contributed by atoms with Gasteiger partial charge in [0.25, 0.3) is 5.91 Å². The van der Waals surface area contributed by atoms with E-state index in [0.717, 1.165) is 38.3 Å². The van der Waals surface area contributed by atoms with Crippen molar-refractivity contribution in [1.82, 2.24) is 25.4 Å². The Hall–Kier alpha value is -1.43. The summed E-state index contributed by atoms with van der Waals surface area (Å²) >= 11 is 0. The minimum Gasteiger partial charge on any atom is -0.333 e. The molecule has 2 heterocycles. The number of nitrogens with one attached hydrogen (secondary N) is 2. The Balaban J connectivity index is 2.02. The zero-order chi connectivity index (χ0) is 12.3. The molecule has 1 aliphatic heterocycles. The van der Waals surface area contributed by atoms with Crippen LogP contribution in [-0.4, -0.2) is 51.7 Å². The van der Waals surface area contributed by atoms with Crippen molar-refractivity contribution < 1.29 is 4.79 Å². The van der Waals surface area contributed by atoms with Gasteiger partial charge in [-0.3, -0.25) is 9.89 Å². The van der Waals surface area contributed by atoms with E-state index < -0.39 is 0 Å². The van der Waals surface area contributed by atoms with E-state index in [1.807, 2.05) is 0 Å². The van der Waals surface area contributed by atoms with Crippen LogP contribution in [0.1, 0.15) is 36.7 Å². The second-order valence-electron chi connectivity index (χ2n) is 4.46. The van der Waals surface area contributed by atoms with Crippen LogP contribution in [0.5, 0.6) is 0 Å². The number of aromatic nitrogens is 3. The van der Waals surface area contributed by atoms with Crippen LogP contribution < -0.4 is 5.32 Å². The summed E-state index contributed by atoms with van der Waals surface area (Å²) in [6.45, 7) is 6.42. The molecule has 0 aromatic carbocycles. The van der Waals surface area contributed by atoms with Crippen molar-refractivity contribution in [1.29, 1.82) is 0 Å². The molecule has 1 saturated heterocycles. The first-order valence-electron chi connectivity index (χ1n) is 6.14. The van der Waals surface area contributed by atoms with E-state index in [0.29, 0.717) is 11.9 Å². The Morgan fingerprint density at radius 3 is 3.12 bits per heavy atom. The first-order valence-corrected chi connectivity index (χ1v) is 6.14. The second kappa shape index (κ2) is 5.27. The summed E-state index contributed by atoms with van der Waals surface area (Å²) in [6.07, 6.45) is 1.83. The van der Waals surface area contributed by atoms with Crippen LogP contribution in [0.25, 0.3) is 0 Å². The summed E-state index contributed by atoms with van der Waals surface area (Å²) < 4.78 is 0. The highest BCUT2D eigenvalue weighted by Gasteiger charge is 2.24. The molecule has 1 aromatic heterocycles. The number of amides is 1. The number of rotatable bonds is 3. The standard InChI is InChI=1S/C11H19N5O/c1-3-4-9-13-10(15-14-9)11(17)16-6-5-12-8(2)7-16/h8,12H,3-7H2,1-2H3,(H,13,14,15)/t8-/m1/s1. The molecule has 1 aliphatic rings. The molecule has 1 fully saturated rings. The molecule has 1 atom stereocenters. The SMILES string of the molecule is CCCc1nc(C(=O)N2CCN[C@H](C)C2)n[nH]1. The fourth-order valence-electron chi connectivity index (χ4n) is 2.00. The van der Waals surface area contributed by atoms with Crippen molar-refractivity contribution in [3.8, 4) is 0 Å². The minimum absolute atomic E-state index is 0.0723. The van der Waals surface area contributed by atoms with E-state index >= 15 is 0 Å². The first-order chi connectivity index (χ1) is 8.20. The molecule has 17 heavy (non-hydrogen) atoms. The third-order valence-electron chi connectivity index (χ3n) is 2.87. The largest absolute Gasteiger partial charge is 0.333 e. The number of aromatic amines is 1. The summed E-state index contributed by atoms with van der Waals surface area (Å²) in [5.74, 6) is 1.01. The fraction of sp³-hybridized carbons (Fsp3) is 0.727. The summed E-state index contributed by atoms with van der Waals surface area (Å²) in [4.78, 5) is 18.1. The monoisotopic (exact) mass is 237 g/mol. The zero-order valence-corrected chi connectivity index (χ0v) is 10.4. The van der Waals surface area contributed by atoms with Crippen molar-refractivity contribution >= 4 is 5.91 Å². The van der Waals surface area contributed by atoms with Gasteiger partial charge in [0.1, 0.15) is 5.82 Å². The molecule has 6 heteroatoms. The van der Waals surface area contributed by atoms with Gasteiger partial charge in [-0.1, -0.05) is 6.92 Å².